The van der Waals surface area contributed by atoms with Crippen molar-refractivity contribution in [2.45, 2.75) is 0 Å². The highest BCUT2D eigenvalue weighted by atomic mass is 15.2. The van der Waals surface area contributed by atoms with E-state index >= 15 is 0 Å². The van der Waals surface area contributed by atoms with Crippen LogP contribution in [0.1, 0.15) is 0 Å². The molecule has 0 aliphatic heterocycles. The Morgan fingerprint density at radius 1 is 1.23 bits per heavy atom. The number of para-hydroxylation sites is 1. The molecule has 0 amide bonds. The van der Waals surface area contributed by atoms with Crippen molar-refractivity contribution in [3.63, 3.8) is 0 Å². The van der Waals surface area contributed by atoms with Crippen molar-refractivity contribution in [3.8, 4) is 0 Å². The van der Waals surface area contributed by atoms with E-state index in [2.05, 4.69) is 20.0 Å². The highest BCUT2D eigenvalue weighted by Crippen LogP contribution is 2.20. The molecule has 2 rings (SSSR count). The van der Waals surface area contributed by atoms with Crippen LogP contribution in [0.5, 0.6) is 0 Å². The number of benzene rings is 1. The van der Waals surface area contributed by atoms with Gasteiger partial charge in [-0.2, -0.15) is 0 Å². The smallest absolute Gasteiger partial charge is 0.137 e. The third kappa shape index (κ3) is 1.28. The fourth-order valence-corrected chi connectivity index (χ4v) is 1.11. The summed E-state index contributed by atoms with van der Waals surface area (Å²) in [6.07, 6.45) is 1.38. The number of hydrogen-bond acceptors (Lipinski definition) is 3. The SMILES string of the molecule is [N-]=[N+]=Nc1ncnc2ccccc12. The third-order valence-electron chi connectivity index (χ3n) is 1.66. The van der Waals surface area contributed by atoms with E-state index in [0.29, 0.717) is 5.82 Å². The van der Waals surface area contributed by atoms with E-state index in [0.717, 1.165) is 10.9 Å². The second kappa shape index (κ2) is 3.08. The lowest BCUT2D eigenvalue weighted by Crippen LogP contribution is -1.80. The molecule has 0 atom stereocenters. The van der Waals surface area contributed by atoms with Gasteiger partial charge in [0.25, 0.3) is 0 Å². The monoisotopic (exact) mass is 171 g/mol. The second-order valence-electron chi connectivity index (χ2n) is 2.40. The minimum Gasteiger partial charge on any atom is -0.236 e. The van der Waals surface area contributed by atoms with Crippen LogP contribution in [0.2, 0.25) is 0 Å². The first-order valence-electron chi connectivity index (χ1n) is 3.66. The van der Waals surface area contributed by atoms with Gasteiger partial charge in [0.05, 0.1) is 5.52 Å². The van der Waals surface area contributed by atoms with Gasteiger partial charge in [0.1, 0.15) is 12.1 Å². The fraction of sp³-hybridized carbons (Fsp3) is 0. The van der Waals surface area contributed by atoms with Crippen LogP contribution >= 0.6 is 0 Å². The molecule has 0 radical (unpaired) electrons. The summed E-state index contributed by atoms with van der Waals surface area (Å²) in [5, 5.41) is 4.23. The van der Waals surface area contributed by atoms with Gasteiger partial charge in [0.15, 0.2) is 0 Å². The Kier molecular flexibility index (Phi) is 1.78. The average molecular weight is 171 g/mol. The largest absolute Gasteiger partial charge is 0.236 e. The molecule has 5 heteroatoms. The number of aromatic nitrogens is 2. The first-order valence-corrected chi connectivity index (χ1v) is 3.66. The number of azide groups is 1. The van der Waals surface area contributed by atoms with Crippen LogP contribution in [0, 0.1) is 0 Å². The molecule has 1 heterocycles. The molecule has 2 aromatic rings. The van der Waals surface area contributed by atoms with E-state index < -0.39 is 0 Å². The molecule has 0 saturated heterocycles. The van der Waals surface area contributed by atoms with Gasteiger partial charge in [-0.25, -0.2) is 9.97 Å². The summed E-state index contributed by atoms with van der Waals surface area (Å²) in [4.78, 5) is 10.6. The van der Waals surface area contributed by atoms with Crippen LogP contribution in [-0.2, 0) is 0 Å². The van der Waals surface area contributed by atoms with Crippen LogP contribution < -0.4 is 0 Å². The topological polar surface area (TPSA) is 74.5 Å². The van der Waals surface area contributed by atoms with Gasteiger partial charge in [-0.05, 0) is 16.7 Å². The molecular weight excluding hydrogens is 166 g/mol. The van der Waals surface area contributed by atoms with Crippen molar-refractivity contribution < 1.29 is 0 Å². The molecule has 0 bridgehead atoms. The molecular formula is C8H5N5. The van der Waals surface area contributed by atoms with Crippen LogP contribution in [0.4, 0.5) is 5.82 Å². The van der Waals surface area contributed by atoms with Gasteiger partial charge in [0, 0.05) is 10.3 Å². The molecule has 0 spiro atoms. The minimum atomic E-state index is 0.369. The lowest BCUT2D eigenvalue weighted by molar-refractivity contribution is 1.19. The molecule has 0 saturated carbocycles. The molecule has 0 unspecified atom stereocenters. The van der Waals surface area contributed by atoms with Gasteiger partial charge < -0.3 is 0 Å². The van der Waals surface area contributed by atoms with Gasteiger partial charge in [-0.1, -0.05) is 18.2 Å². The van der Waals surface area contributed by atoms with E-state index in [9.17, 15) is 0 Å². The van der Waals surface area contributed by atoms with E-state index in [1.54, 1.807) is 0 Å². The zero-order valence-electron chi connectivity index (χ0n) is 6.62. The summed E-state index contributed by atoms with van der Waals surface area (Å²) < 4.78 is 0. The van der Waals surface area contributed by atoms with Crippen LogP contribution in [0.15, 0.2) is 35.7 Å². The lowest BCUT2D eigenvalue weighted by atomic mass is 10.2. The first kappa shape index (κ1) is 7.52. The van der Waals surface area contributed by atoms with Crippen molar-refractivity contribution >= 4 is 16.7 Å². The molecule has 62 valence electrons. The van der Waals surface area contributed by atoms with Crippen molar-refractivity contribution in [2.24, 2.45) is 5.11 Å². The number of fused-ring (bicyclic) bond motifs is 1. The lowest BCUT2D eigenvalue weighted by Gasteiger charge is -1.96. The van der Waals surface area contributed by atoms with Crippen molar-refractivity contribution in [3.05, 3.63) is 41.0 Å². The number of rotatable bonds is 1. The van der Waals surface area contributed by atoms with Crippen molar-refractivity contribution in [1.29, 1.82) is 0 Å². The summed E-state index contributed by atoms with van der Waals surface area (Å²) in [7, 11) is 0. The maximum absolute atomic E-state index is 8.28. The van der Waals surface area contributed by atoms with E-state index in [1.165, 1.54) is 6.33 Å². The molecule has 1 aromatic carbocycles. The zero-order valence-corrected chi connectivity index (χ0v) is 6.62. The fourth-order valence-electron chi connectivity index (χ4n) is 1.11. The first-order chi connectivity index (χ1) is 6.42. The molecule has 1 aromatic heterocycles. The number of nitrogens with zero attached hydrogens (tertiary/aromatic N) is 5. The van der Waals surface area contributed by atoms with Crippen molar-refractivity contribution in [2.75, 3.05) is 0 Å². The molecule has 13 heavy (non-hydrogen) atoms. The standard InChI is InChI=1S/C8H5N5/c9-13-12-8-6-3-1-2-4-7(6)10-5-11-8/h1-5H. The predicted molar refractivity (Wildman–Crippen MR) is 48.3 cm³/mol. The van der Waals surface area contributed by atoms with Gasteiger partial charge in [0.2, 0.25) is 0 Å². The Bertz CT molecular complexity index is 481. The molecule has 0 N–H and O–H groups in total. The quantitative estimate of drug-likeness (QED) is 0.375. The Morgan fingerprint density at radius 2 is 2.08 bits per heavy atom. The Balaban J connectivity index is 2.82. The van der Waals surface area contributed by atoms with Crippen molar-refractivity contribution in [1.82, 2.24) is 9.97 Å². The van der Waals surface area contributed by atoms with E-state index in [4.69, 9.17) is 5.53 Å². The summed E-state index contributed by atoms with van der Waals surface area (Å²) in [6.45, 7) is 0. The maximum atomic E-state index is 8.28. The van der Waals surface area contributed by atoms with Gasteiger partial charge in [-0.15, -0.1) is 0 Å². The van der Waals surface area contributed by atoms with Crippen LogP contribution in [-0.4, -0.2) is 9.97 Å². The Labute approximate surface area is 73.7 Å². The summed E-state index contributed by atoms with van der Waals surface area (Å²) in [5.74, 6) is 0.369. The summed E-state index contributed by atoms with van der Waals surface area (Å²) in [6, 6.07) is 7.38. The average Bonchev–Trinajstić information content (AvgIpc) is 2.19. The zero-order chi connectivity index (χ0) is 9.10. The van der Waals surface area contributed by atoms with Gasteiger partial charge >= 0.3 is 0 Å². The summed E-state index contributed by atoms with van der Waals surface area (Å²) in [5.41, 5.74) is 9.05. The van der Waals surface area contributed by atoms with Crippen LogP contribution in [0.25, 0.3) is 21.3 Å². The highest BCUT2D eigenvalue weighted by Gasteiger charge is 1.98. The normalized spacial score (nSPS) is 9.54. The third-order valence-corrected chi connectivity index (χ3v) is 1.66. The molecule has 0 fully saturated rings. The highest BCUT2D eigenvalue weighted by molar-refractivity contribution is 5.86. The van der Waals surface area contributed by atoms with E-state index in [1.807, 2.05) is 24.3 Å². The van der Waals surface area contributed by atoms with Gasteiger partial charge in [-0.3, -0.25) is 0 Å². The maximum Gasteiger partial charge on any atom is 0.137 e. The Hall–Kier alpha value is -2.13. The molecule has 0 aliphatic rings. The number of hydrogen-bond donors (Lipinski definition) is 0. The van der Waals surface area contributed by atoms with Crippen LogP contribution in [0.3, 0.4) is 0 Å². The minimum absolute atomic E-state index is 0.369. The summed E-state index contributed by atoms with van der Waals surface area (Å²) >= 11 is 0. The predicted octanol–water partition coefficient (Wildman–Crippen LogP) is 2.57. The second-order valence-corrected chi connectivity index (χ2v) is 2.40. The molecule has 5 nitrogen and oxygen atoms in total. The Morgan fingerprint density at radius 3 is 2.92 bits per heavy atom. The molecule has 0 aliphatic carbocycles. The van der Waals surface area contributed by atoms with E-state index in [-0.39, 0.29) is 0 Å².